The highest BCUT2D eigenvalue weighted by Crippen LogP contribution is 2.30. The molecule has 246 valence electrons. The number of hydrogen-bond donors (Lipinski definition) is 4. The van der Waals surface area contributed by atoms with Crippen LogP contribution in [0, 0.1) is 11.8 Å². The lowest BCUT2D eigenvalue weighted by Crippen LogP contribution is -2.61. The van der Waals surface area contributed by atoms with E-state index < -0.39 is 53.9 Å². The number of rotatable bonds is 10. The zero-order chi connectivity index (χ0) is 33.4. The van der Waals surface area contributed by atoms with Gasteiger partial charge in [0.05, 0.1) is 7.11 Å². The zero-order valence-electron chi connectivity index (χ0n) is 26.8. The van der Waals surface area contributed by atoms with Gasteiger partial charge in [0.15, 0.2) is 0 Å². The smallest absolute Gasteiger partial charge is 0.247 e. The van der Waals surface area contributed by atoms with Gasteiger partial charge in [0, 0.05) is 31.1 Å². The molecule has 0 spiro atoms. The molecule has 2 aliphatic rings. The second kappa shape index (κ2) is 15.4. The van der Waals surface area contributed by atoms with Gasteiger partial charge in [0.2, 0.25) is 30.0 Å². The van der Waals surface area contributed by atoms with Gasteiger partial charge in [0.1, 0.15) is 41.8 Å². The molecule has 12 heteroatoms. The molecule has 1 fully saturated rings. The van der Waals surface area contributed by atoms with Crippen molar-refractivity contribution in [3.63, 3.8) is 0 Å². The molecule has 4 rings (SSSR count). The van der Waals surface area contributed by atoms with Crippen molar-refractivity contribution in [1.82, 2.24) is 26.2 Å². The Kier molecular flexibility index (Phi) is 11.4. The molecular weight excluding hydrogens is 590 g/mol. The van der Waals surface area contributed by atoms with E-state index in [0.717, 1.165) is 5.56 Å². The summed E-state index contributed by atoms with van der Waals surface area (Å²) in [5.41, 5.74) is 1.48. The Morgan fingerprint density at radius 2 is 1.76 bits per heavy atom. The number of hydrogen-bond acceptors (Lipinski definition) is 7. The van der Waals surface area contributed by atoms with Crippen molar-refractivity contribution in [2.75, 3.05) is 13.7 Å². The van der Waals surface area contributed by atoms with Gasteiger partial charge in [-0.2, -0.15) is 0 Å². The molecule has 2 aliphatic heterocycles. The first-order valence-corrected chi connectivity index (χ1v) is 15.5. The first-order chi connectivity index (χ1) is 22.0. The van der Waals surface area contributed by atoms with Crippen molar-refractivity contribution < 1.29 is 33.4 Å². The van der Waals surface area contributed by atoms with Crippen LogP contribution in [0.1, 0.15) is 45.2 Å². The summed E-state index contributed by atoms with van der Waals surface area (Å²) in [6.07, 6.45) is 3.42. The van der Waals surface area contributed by atoms with Crippen LogP contribution in [0.5, 0.6) is 11.5 Å². The van der Waals surface area contributed by atoms with E-state index in [0.29, 0.717) is 29.9 Å². The Morgan fingerprint density at radius 3 is 2.41 bits per heavy atom. The molecule has 0 saturated carbocycles. The van der Waals surface area contributed by atoms with Crippen LogP contribution in [0.25, 0.3) is 6.08 Å². The molecule has 1 saturated heterocycles. The fraction of sp³-hybridized carbons (Fsp3) is 0.441. The van der Waals surface area contributed by atoms with Gasteiger partial charge in [-0.15, -0.1) is 0 Å². The monoisotopic (exact) mass is 633 g/mol. The molecule has 2 bridgehead atoms. The van der Waals surface area contributed by atoms with Crippen molar-refractivity contribution in [2.24, 2.45) is 11.8 Å². The molecule has 2 heterocycles. The predicted octanol–water partition coefficient (Wildman–Crippen LogP) is 1.78. The van der Waals surface area contributed by atoms with Crippen LogP contribution in [-0.2, 0) is 30.4 Å². The summed E-state index contributed by atoms with van der Waals surface area (Å²) in [5, 5.41) is 11.0. The van der Waals surface area contributed by atoms with Crippen LogP contribution in [0.2, 0.25) is 0 Å². The average Bonchev–Trinajstić information content (AvgIpc) is 3.45. The standard InChI is InChI=1S/C34H43N5O7/c1-20(2)28(36-19-40)32(42)38-29(21(3)4)34(44)39-16-14-27-30(39)33(43)37-25(17-22-9-7-6-8-10-22)31(41)35-15-13-23-18-24(46-27)11-12-26(23)45-5/h6-13,15,18-21,25,27-30H,14,16-17H2,1-5H3,(H,35,41)(H,36,40)(H,37,43)(H,38,42). The van der Waals surface area contributed by atoms with Crippen LogP contribution in [0.3, 0.4) is 0 Å². The van der Waals surface area contributed by atoms with Crippen LogP contribution in [-0.4, -0.2) is 78.9 Å². The number of carbonyl (C=O) groups excluding carboxylic acids is 5. The number of carbonyl (C=O) groups is 5. The molecule has 0 radical (unpaired) electrons. The Balaban J connectivity index is 1.70. The van der Waals surface area contributed by atoms with Crippen molar-refractivity contribution in [1.29, 1.82) is 0 Å². The SMILES string of the molecule is COc1ccc2cc1C=CNC(=O)C(Cc1ccccc1)NC(=O)C1C(CCN1C(=O)C(NC(=O)C(NC=O)C(C)C)C(C)C)O2. The Labute approximate surface area is 269 Å². The first-order valence-electron chi connectivity index (χ1n) is 15.5. The molecule has 46 heavy (non-hydrogen) atoms. The average molecular weight is 634 g/mol. The maximum Gasteiger partial charge on any atom is 0.247 e. The number of nitrogens with one attached hydrogen (secondary N) is 4. The summed E-state index contributed by atoms with van der Waals surface area (Å²) >= 11 is 0. The van der Waals surface area contributed by atoms with E-state index in [1.165, 1.54) is 18.2 Å². The number of methoxy groups -OCH3 is 1. The van der Waals surface area contributed by atoms with E-state index in [1.54, 1.807) is 52.0 Å². The van der Waals surface area contributed by atoms with Gasteiger partial charge in [-0.3, -0.25) is 24.0 Å². The van der Waals surface area contributed by atoms with Crippen molar-refractivity contribution in [3.8, 4) is 11.5 Å². The fourth-order valence-corrected chi connectivity index (χ4v) is 5.75. The molecule has 2 aromatic carbocycles. The number of ether oxygens (including phenoxy) is 2. The number of fused-ring (bicyclic) bond motifs is 3. The summed E-state index contributed by atoms with van der Waals surface area (Å²) in [7, 11) is 1.54. The number of benzene rings is 2. The number of amides is 5. The van der Waals surface area contributed by atoms with Gasteiger partial charge in [-0.25, -0.2) is 0 Å². The second-order valence-corrected chi connectivity index (χ2v) is 12.2. The van der Waals surface area contributed by atoms with Crippen molar-refractivity contribution in [2.45, 2.75) is 70.8 Å². The third-order valence-corrected chi connectivity index (χ3v) is 8.21. The van der Waals surface area contributed by atoms with Gasteiger partial charge >= 0.3 is 0 Å². The van der Waals surface area contributed by atoms with Gasteiger partial charge in [0.25, 0.3) is 0 Å². The molecule has 5 unspecified atom stereocenters. The highest BCUT2D eigenvalue weighted by atomic mass is 16.5. The molecule has 2 aromatic rings. The maximum atomic E-state index is 14.2. The lowest BCUT2D eigenvalue weighted by Gasteiger charge is -2.33. The minimum Gasteiger partial charge on any atom is -0.496 e. The predicted molar refractivity (Wildman–Crippen MR) is 171 cm³/mol. The fourth-order valence-electron chi connectivity index (χ4n) is 5.75. The van der Waals surface area contributed by atoms with Crippen LogP contribution in [0.15, 0.2) is 54.7 Å². The highest BCUT2D eigenvalue weighted by Gasteiger charge is 2.47. The van der Waals surface area contributed by atoms with E-state index in [-0.39, 0.29) is 24.8 Å². The second-order valence-electron chi connectivity index (χ2n) is 12.2. The summed E-state index contributed by atoms with van der Waals surface area (Å²) in [5.74, 6) is -1.52. The van der Waals surface area contributed by atoms with E-state index in [2.05, 4.69) is 21.3 Å². The minimum atomic E-state index is -1.11. The Hall–Kier alpha value is -4.87. The molecule has 5 amide bonds. The number of likely N-dealkylation sites (tertiary alicyclic amines) is 1. The third kappa shape index (κ3) is 8.04. The minimum absolute atomic E-state index is 0.180. The van der Waals surface area contributed by atoms with E-state index >= 15 is 0 Å². The van der Waals surface area contributed by atoms with Gasteiger partial charge in [-0.05, 0) is 41.7 Å². The zero-order valence-corrected chi connectivity index (χ0v) is 26.8. The molecule has 5 atom stereocenters. The molecule has 12 nitrogen and oxygen atoms in total. The maximum absolute atomic E-state index is 14.2. The molecule has 0 aromatic heterocycles. The van der Waals surface area contributed by atoms with Gasteiger partial charge < -0.3 is 35.6 Å². The normalized spacial score (nSPS) is 20.9. The Bertz CT molecular complexity index is 1440. The van der Waals surface area contributed by atoms with Crippen LogP contribution in [0.4, 0.5) is 0 Å². The summed E-state index contributed by atoms with van der Waals surface area (Å²) in [6.45, 7) is 7.34. The largest absolute Gasteiger partial charge is 0.496 e. The third-order valence-electron chi connectivity index (χ3n) is 8.21. The van der Waals surface area contributed by atoms with Crippen molar-refractivity contribution in [3.05, 3.63) is 65.9 Å². The molecule has 0 aliphatic carbocycles. The van der Waals surface area contributed by atoms with E-state index in [1.807, 2.05) is 30.3 Å². The van der Waals surface area contributed by atoms with Crippen molar-refractivity contribution >= 4 is 36.1 Å². The summed E-state index contributed by atoms with van der Waals surface area (Å²) < 4.78 is 11.8. The van der Waals surface area contributed by atoms with Gasteiger partial charge in [-0.1, -0.05) is 58.0 Å². The van der Waals surface area contributed by atoms with Crippen LogP contribution < -0.4 is 30.7 Å². The topological polar surface area (TPSA) is 155 Å². The highest BCUT2D eigenvalue weighted by molar-refractivity contribution is 5.96. The first kappa shape index (κ1) is 34.0. The van der Waals surface area contributed by atoms with E-state index in [4.69, 9.17) is 9.47 Å². The van der Waals surface area contributed by atoms with Crippen LogP contribution >= 0.6 is 0 Å². The molecule has 4 N–H and O–H groups in total. The lowest BCUT2D eigenvalue weighted by molar-refractivity contribution is -0.144. The molecular formula is C34H43N5O7. The van der Waals surface area contributed by atoms with E-state index in [9.17, 15) is 24.0 Å². The Morgan fingerprint density at radius 1 is 1.04 bits per heavy atom. The summed E-state index contributed by atoms with van der Waals surface area (Å²) in [4.78, 5) is 67.5. The summed E-state index contributed by atoms with van der Waals surface area (Å²) in [6, 6.07) is 10.6. The number of nitrogens with zero attached hydrogens (tertiary/aromatic N) is 1. The quantitative estimate of drug-likeness (QED) is 0.291. The lowest BCUT2D eigenvalue weighted by atomic mass is 9.99.